The Hall–Kier alpha value is -0.240. The van der Waals surface area contributed by atoms with Crippen LogP contribution in [0.2, 0.25) is 0 Å². The van der Waals surface area contributed by atoms with E-state index in [0.29, 0.717) is 5.92 Å². The van der Waals surface area contributed by atoms with Crippen LogP contribution in [0.5, 0.6) is 0 Å². The fourth-order valence-electron chi connectivity index (χ4n) is 2.74. The number of rotatable bonds is 12. The van der Waals surface area contributed by atoms with Gasteiger partial charge >= 0.3 is 0 Å². The molecule has 6 nitrogen and oxygen atoms in total. The summed E-state index contributed by atoms with van der Waals surface area (Å²) in [6.45, 7) is 6.75. The summed E-state index contributed by atoms with van der Waals surface area (Å²) in [4.78, 5) is 0. The quantitative estimate of drug-likeness (QED) is 0.546. The van der Waals surface area contributed by atoms with Gasteiger partial charge in [-0.1, -0.05) is 0 Å². The second-order valence-electron chi connectivity index (χ2n) is 5.69. The lowest BCUT2D eigenvalue weighted by Crippen LogP contribution is -2.59. The molecule has 0 saturated carbocycles. The second-order valence-corrected chi connectivity index (χ2v) is 5.69. The Kier molecular flexibility index (Phi) is 11.0. The summed E-state index contributed by atoms with van der Waals surface area (Å²) in [6, 6.07) is 0. The fraction of sp³-hybridized carbons (Fsp3) is 1.00. The summed E-state index contributed by atoms with van der Waals surface area (Å²) in [5.74, 6) is 0.700. The van der Waals surface area contributed by atoms with Crippen molar-refractivity contribution in [1.29, 1.82) is 0 Å². The van der Waals surface area contributed by atoms with Crippen molar-refractivity contribution < 1.29 is 14.2 Å². The van der Waals surface area contributed by atoms with E-state index < -0.39 is 0 Å². The van der Waals surface area contributed by atoms with E-state index in [1.807, 2.05) is 0 Å². The van der Waals surface area contributed by atoms with Crippen LogP contribution in [0.1, 0.15) is 25.7 Å². The van der Waals surface area contributed by atoms with E-state index in [1.54, 1.807) is 21.3 Å². The van der Waals surface area contributed by atoms with Crippen LogP contribution in [0.15, 0.2) is 0 Å². The minimum Gasteiger partial charge on any atom is -0.385 e. The van der Waals surface area contributed by atoms with E-state index in [4.69, 9.17) is 14.2 Å². The van der Waals surface area contributed by atoms with Gasteiger partial charge in [0.1, 0.15) is 0 Å². The minimum absolute atomic E-state index is 0.700. The molecule has 1 aliphatic rings. The minimum atomic E-state index is 0.700. The molecule has 1 aliphatic heterocycles. The van der Waals surface area contributed by atoms with Gasteiger partial charge in [-0.05, 0) is 31.6 Å². The van der Waals surface area contributed by atoms with Crippen molar-refractivity contribution in [2.75, 3.05) is 67.3 Å². The Morgan fingerprint density at radius 2 is 1.29 bits per heavy atom. The number of ether oxygens (including phenoxy) is 3. The summed E-state index contributed by atoms with van der Waals surface area (Å²) in [6.07, 6.45) is 4.47. The average molecular weight is 303 g/mol. The van der Waals surface area contributed by atoms with Gasteiger partial charge in [0.2, 0.25) is 0 Å². The lowest BCUT2D eigenvalue weighted by atomic mass is 10.0. The number of hydrogen-bond donors (Lipinski definition) is 1. The highest BCUT2D eigenvalue weighted by atomic mass is 16.5. The summed E-state index contributed by atoms with van der Waals surface area (Å²) in [7, 11) is 5.29. The molecule has 1 heterocycles. The number of nitrogens with zero attached hydrogens (tertiary/aromatic N) is 2. The van der Waals surface area contributed by atoms with Gasteiger partial charge in [0, 0.05) is 67.3 Å². The lowest BCUT2D eigenvalue weighted by Gasteiger charge is -2.41. The summed E-state index contributed by atoms with van der Waals surface area (Å²) >= 11 is 0. The molecule has 1 N–H and O–H groups in total. The van der Waals surface area contributed by atoms with Crippen LogP contribution in [0.3, 0.4) is 0 Å². The summed E-state index contributed by atoms with van der Waals surface area (Å²) in [5, 5.41) is 4.65. The summed E-state index contributed by atoms with van der Waals surface area (Å²) < 4.78 is 15.5. The van der Waals surface area contributed by atoms with Crippen molar-refractivity contribution in [2.24, 2.45) is 5.92 Å². The highest BCUT2D eigenvalue weighted by Gasteiger charge is 2.24. The van der Waals surface area contributed by atoms with Crippen LogP contribution >= 0.6 is 0 Å². The maximum atomic E-state index is 5.17. The van der Waals surface area contributed by atoms with Crippen molar-refractivity contribution in [3.05, 3.63) is 0 Å². The third kappa shape index (κ3) is 8.70. The van der Waals surface area contributed by atoms with Crippen molar-refractivity contribution in [2.45, 2.75) is 25.7 Å². The van der Waals surface area contributed by atoms with Gasteiger partial charge in [-0.3, -0.25) is 0 Å². The van der Waals surface area contributed by atoms with E-state index >= 15 is 0 Å². The molecule has 0 radical (unpaired) electrons. The third-order valence-corrected chi connectivity index (χ3v) is 3.75. The van der Waals surface area contributed by atoms with E-state index in [1.165, 1.54) is 6.42 Å². The molecule has 0 unspecified atom stereocenters. The predicted octanol–water partition coefficient (Wildman–Crippen LogP) is 1.14. The molecule has 1 saturated heterocycles. The zero-order valence-corrected chi connectivity index (χ0v) is 14.0. The van der Waals surface area contributed by atoms with E-state index in [0.717, 1.165) is 65.3 Å². The Morgan fingerprint density at radius 1 is 0.810 bits per heavy atom. The molecule has 0 spiro atoms. The van der Waals surface area contributed by atoms with Crippen LogP contribution < -0.4 is 5.53 Å². The zero-order valence-electron chi connectivity index (χ0n) is 14.0. The Balaban J connectivity index is 2.35. The van der Waals surface area contributed by atoms with Crippen LogP contribution in [0, 0.1) is 5.92 Å². The smallest absolute Gasteiger partial charge is 0.0475 e. The maximum absolute atomic E-state index is 5.17. The van der Waals surface area contributed by atoms with Crippen molar-refractivity contribution >= 4 is 0 Å². The molecular formula is C15H33N3O3. The van der Waals surface area contributed by atoms with Crippen LogP contribution in [0.4, 0.5) is 0 Å². The first-order chi connectivity index (χ1) is 10.3. The Morgan fingerprint density at radius 3 is 1.76 bits per heavy atom. The van der Waals surface area contributed by atoms with E-state index in [2.05, 4.69) is 15.6 Å². The number of hydrogen-bond acceptors (Lipinski definition) is 6. The average Bonchev–Trinajstić information content (AvgIpc) is 2.48. The molecule has 0 aromatic heterocycles. The van der Waals surface area contributed by atoms with Gasteiger partial charge in [0.25, 0.3) is 0 Å². The third-order valence-electron chi connectivity index (χ3n) is 3.75. The van der Waals surface area contributed by atoms with Crippen LogP contribution in [-0.4, -0.2) is 77.3 Å². The van der Waals surface area contributed by atoms with Gasteiger partial charge in [0.15, 0.2) is 0 Å². The molecular weight excluding hydrogens is 270 g/mol. The SMILES string of the molecule is COCCCC1CN(CCCOC)NN(CCCOC)C1. The van der Waals surface area contributed by atoms with Gasteiger partial charge in [0.05, 0.1) is 0 Å². The van der Waals surface area contributed by atoms with E-state index in [9.17, 15) is 0 Å². The van der Waals surface area contributed by atoms with Crippen LogP contribution in [0.25, 0.3) is 0 Å². The van der Waals surface area contributed by atoms with Gasteiger partial charge in [-0.15, -0.1) is 0 Å². The molecule has 0 aromatic rings. The van der Waals surface area contributed by atoms with Gasteiger partial charge < -0.3 is 14.2 Å². The molecule has 1 fully saturated rings. The molecule has 0 bridgehead atoms. The highest BCUT2D eigenvalue weighted by molar-refractivity contribution is 4.72. The highest BCUT2D eigenvalue weighted by Crippen LogP contribution is 2.15. The maximum Gasteiger partial charge on any atom is 0.0475 e. The summed E-state index contributed by atoms with van der Waals surface area (Å²) in [5.41, 5.74) is 3.52. The van der Waals surface area contributed by atoms with Crippen molar-refractivity contribution in [3.8, 4) is 0 Å². The molecule has 0 aliphatic carbocycles. The number of hydrazine groups is 2. The van der Waals surface area contributed by atoms with Crippen molar-refractivity contribution in [3.63, 3.8) is 0 Å². The predicted molar refractivity (Wildman–Crippen MR) is 83.9 cm³/mol. The molecule has 0 atom stereocenters. The second kappa shape index (κ2) is 12.3. The van der Waals surface area contributed by atoms with Crippen LogP contribution in [-0.2, 0) is 14.2 Å². The van der Waals surface area contributed by atoms with Gasteiger partial charge in [-0.25, -0.2) is 10.0 Å². The first-order valence-electron chi connectivity index (χ1n) is 8.03. The molecule has 0 amide bonds. The first-order valence-corrected chi connectivity index (χ1v) is 8.03. The Labute approximate surface area is 129 Å². The molecule has 0 aromatic carbocycles. The molecule has 126 valence electrons. The largest absolute Gasteiger partial charge is 0.385 e. The Bertz CT molecular complexity index is 200. The molecule has 1 rings (SSSR count). The molecule has 21 heavy (non-hydrogen) atoms. The zero-order chi connectivity index (χ0) is 15.3. The van der Waals surface area contributed by atoms with Gasteiger partial charge in [-0.2, -0.15) is 5.53 Å². The fourth-order valence-corrected chi connectivity index (χ4v) is 2.74. The van der Waals surface area contributed by atoms with Crippen molar-refractivity contribution in [1.82, 2.24) is 15.6 Å². The monoisotopic (exact) mass is 303 g/mol. The number of methoxy groups -OCH3 is 3. The topological polar surface area (TPSA) is 46.2 Å². The first kappa shape index (κ1) is 18.8. The normalized spacial score (nSPS) is 18.4. The number of nitrogens with one attached hydrogen (secondary N) is 1. The van der Waals surface area contributed by atoms with E-state index in [-0.39, 0.29) is 0 Å². The standard InChI is InChI=1S/C15H33N3O3/c1-19-10-4-7-15-13-17(8-5-11-20-2)16-18(14-15)9-6-12-21-3/h15-16H,4-14H2,1-3H3. The molecule has 6 heteroatoms. The lowest BCUT2D eigenvalue weighted by molar-refractivity contribution is -0.0517.